The minimum atomic E-state index is 0.0752. The molecule has 0 spiro atoms. The summed E-state index contributed by atoms with van der Waals surface area (Å²) in [6, 6.07) is 8.21. The molecule has 0 aliphatic carbocycles. The van der Waals surface area contributed by atoms with Gasteiger partial charge in [0.2, 0.25) is 5.91 Å². The van der Waals surface area contributed by atoms with Gasteiger partial charge in [-0.1, -0.05) is 12.1 Å². The number of aromatic amines is 1. The van der Waals surface area contributed by atoms with Crippen molar-refractivity contribution >= 4 is 50.2 Å². The van der Waals surface area contributed by atoms with E-state index < -0.39 is 0 Å². The van der Waals surface area contributed by atoms with Gasteiger partial charge in [-0.2, -0.15) is 11.3 Å². The molecular weight excluding hydrogens is 372 g/mol. The van der Waals surface area contributed by atoms with Crippen LogP contribution in [-0.2, 0) is 17.8 Å². The molecular formula is C18H15BrN2OS. The number of nitrogens with one attached hydrogen (secondary N) is 1. The standard InChI is InChI=1S/C18H15BrN2OS/c19-15-3-1-2-13-14-10-21(8-6-16(14)20-18(13)15)17(22)5-4-12-7-9-23-11-12/h1-5,7,9,11,20H,6,8,10H2/b5-4-. The van der Waals surface area contributed by atoms with Crippen LogP contribution < -0.4 is 0 Å². The zero-order valence-corrected chi connectivity index (χ0v) is 14.8. The van der Waals surface area contributed by atoms with Gasteiger partial charge in [-0.3, -0.25) is 4.79 Å². The zero-order valence-electron chi connectivity index (χ0n) is 12.4. The second-order valence-corrected chi connectivity index (χ2v) is 7.28. The average molecular weight is 387 g/mol. The number of thiophene rings is 1. The molecule has 0 saturated carbocycles. The molecule has 0 unspecified atom stereocenters. The summed E-state index contributed by atoms with van der Waals surface area (Å²) in [6.07, 6.45) is 4.44. The number of nitrogens with zero attached hydrogens (tertiary/aromatic N) is 1. The van der Waals surface area contributed by atoms with Crippen LogP contribution in [0.1, 0.15) is 16.8 Å². The van der Waals surface area contributed by atoms with E-state index in [2.05, 4.69) is 27.0 Å². The van der Waals surface area contributed by atoms with Crippen molar-refractivity contribution < 1.29 is 4.79 Å². The summed E-state index contributed by atoms with van der Waals surface area (Å²) >= 11 is 5.23. The number of fused-ring (bicyclic) bond motifs is 3. The molecule has 1 amide bonds. The smallest absolute Gasteiger partial charge is 0.246 e. The van der Waals surface area contributed by atoms with E-state index in [1.807, 2.05) is 39.9 Å². The Labute approximate surface area is 146 Å². The summed E-state index contributed by atoms with van der Waals surface area (Å²) in [7, 11) is 0. The van der Waals surface area contributed by atoms with E-state index in [9.17, 15) is 4.79 Å². The number of hydrogen-bond acceptors (Lipinski definition) is 2. The minimum absolute atomic E-state index is 0.0752. The first-order chi connectivity index (χ1) is 11.2. The fraction of sp³-hybridized carbons (Fsp3) is 0.167. The predicted octanol–water partition coefficient (Wildman–Crippen LogP) is 4.59. The Morgan fingerprint density at radius 3 is 3.09 bits per heavy atom. The van der Waals surface area contributed by atoms with Crippen LogP contribution in [0.3, 0.4) is 0 Å². The molecule has 1 aromatic carbocycles. The SMILES string of the molecule is O=C(/C=C\c1ccsc1)N1CCc2[nH]c3c(Br)cccc3c2C1. The topological polar surface area (TPSA) is 36.1 Å². The Morgan fingerprint density at radius 1 is 1.35 bits per heavy atom. The van der Waals surface area contributed by atoms with Crippen LogP contribution in [-0.4, -0.2) is 22.3 Å². The average Bonchev–Trinajstić information content (AvgIpc) is 3.20. The van der Waals surface area contributed by atoms with E-state index in [1.54, 1.807) is 17.4 Å². The summed E-state index contributed by atoms with van der Waals surface area (Å²) in [4.78, 5) is 17.9. The molecule has 23 heavy (non-hydrogen) atoms. The van der Waals surface area contributed by atoms with Crippen molar-refractivity contribution in [2.24, 2.45) is 0 Å². The summed E-state index contributed by atoms with van der Waals surface area (Å²) in [5.41, 5.74) is 4.69. The zero-order chi connectivity index (χ0) is 15.8. The van der Waals surface area contributed by atoms with Gasteiger partial charge >= 0.3 is 0 Å². The van der Waals surface area contributed by atoms with Crippen molar-refractivity contribution in [3.8, 4) is 0 Å². The van der Waals surface area contributed by atoms with Gasteiger partial charge in [0.25, 0.3) is 0 Å². The van der Waals surface area contributed by atoms with Crippen molar-refractivity contribution in [2.75, 3.05) is 6.54 Å². The summed E-state index contributed by atoms with van der Waals surface area (Å²) in [6.45, 7) is 1.42. The Morgan fingerprint density at radius 2 is 2.26 bits per heavy atom. The summed E-state index contributed by atoms with van der Waals surface area (Å²) in [5.74, 6) is 0.0752. The highest BCUT2D eigenvalue weighted by atomic mass is 79.9. The van der Waals surface area contributed by atoms with E-state index in [1.165, 1.54) is 16.6 Å². The van der Waals surface area contributed by atoms with Crippen LogP contribution in [0.4, 0.5) is 0 Å². The highest BCUT2D eigenvalue weighted by Crippen LogP contribution is 2.31. The molecule has 4 rings (SSSR count). The fourth-order valence-corrected chi connectivity index (χ4v) is 4.13. The van der Waals surface area contributed by atoms with E-state index >= 15 is 0 Å². The van der Waals surface area contributed by atoms with Crippen LogP contribution in [0, 0.1) is 0 Å². The summed E-state index contributed by atoms with van der Waals surface area (Å²) < 4.78 is 1.07. The van der Waals surface area contributed by atoms with Gasteiger partial charge in [0.15, 0.2) is 0 Å². The van der Waals surface area contributed by atoms with Crippen molar-refractivity contribution in [3.63, 3.8) is 0 Å². The van der Waals surface area contributed by atoms with Crippen molar-refractivity contribution in [2.45, 2.75) is 13.0 Å². The van der Waals surface area contributed by atoms with E-state index in [-0.39, 0.29) is 5.91 Å². The van der Waals surface area contributed by atoms with Gasteiger partial charge in [-0.05, 0) is 50.5 Å². The van der Waals surface area contributed by atoms with Crippen LogP contribution in [0.2, 0.25) is 0 Å². The minimum Gasteiger partial charge on any atom is -0.357 e. The third kappa shape index (κ3) is 2.75. The van der Waals surface area contributed by atoms with Crippen LogP contribution in [0.25, 0.3) is 17.0 Å². The number of halogens is 1. The molecule has 1 aliphatic rings. The Hall–Kier alpha value is -1.85. The molecule has 0 radical (unpaired) electrons. The number of carbonyl (C=O) groups is 1. The first-order valence-corrected chi connectivity index (χ1v) is 9.23. The maximum absolute atomic E-state index is 12.5. The first-order valence-electron chi connectivity index (χ1n) is 7.49. The lowest BCUT2D eigenvalue weighted by molar-refractivity contribution is -0.126. The van der Waals surface area contributed by atoms with Crippen LogP contribution in [0.15, 0.2) is 45.6 Å². The highest BCUT2D eigenvalue weighted by molar-refractivity contribution is 9.10. The molecule has 5 heteroatoms. The number of rotatable bonds is 2. The lowest BCUT2D eigenvalue weighted by atomic mass is 10.0. The third-order valence-electron chi connectivity index (χ3n) is 4.23. The number of aromatic nitrogens is 1. The predicted molar refractivity (Wildman–Crippen MR) is 98.5 cm³/mol. The molecule has 116 valence electrons. The Kier molecular flexibility index (Phi) is 3.83. The van der Waals surface area contributed by atoms with Gasteiger partial charge in [0.05, 0.1) is 5.52 Å². The second kappa shape index (κ2) is 5.98. The number of H-pyrrole nitrogens is 1. The lowest BCUT2D eigenvalue weighted by Crippen LogP contribution is -2.34. The second-order valence-electron chi connectivity index (χ2n) is 5.64. The number of carbonyl (C=O) groups excluding carboxylic acids is 1. The maximum Gasteiger partial charge on any atom is 0.246 e. The van der Waals surface area contributed by atoms with Gasteiger partial charge in [0, 0.05) is 46.7 Å². The molecule has 3 aromatic rings. The van der Waals surface area contributed by atoms with Gasteiger partial charge in [0.1, 0.15) is 0 Å². The lowest BCUT2D eigenvalue weighted by Gasteiger charge is -2.26. The molecule has 0 atom stereocenters. The van der Waals surface area contributed by atoms with Crippen LogP contribution in [0.5, 0.6) is 0 Å². The molecule has 0 saturated heterocycles. The third-order valence-corrected chi connectivity index (χ3v) is 5.60. The Balaban J connectivity index is 1.60. The fourth-order valence-electron chi connectivity index (χ4n) is 3.03. The molecule has 1 N–H and O–H groups in total. The number of amides is 1. The molecule has 3 nitrogen and oxygen atoms in total. The van der Waals surface area contributed by atoms with Gasteiger partial charge in [-0.25, -0.2) is 0 Å². The first kappa shape index (κ1) is 14.7. The van der Waals surface area contributed by atoms with E-state index in [4.69, 9.17) is 0 Å². The number of benzene rings is 1. The van der Waals surface area contributed by atoms with Crippen LogP contribution >= 0.6 is 27.3 Å². The van der Waals surface area contributed by atoms with Crippen molar-refractivity contribution in [1.82, 2.24) is 9.88 Å². The van der Waals surface area contributed by atoms with Gasteiger partial charge in [-0.15, -0.1) is 0 Å². The largest absolute Gasteiger partial charge is 0.357 e. The van der Waals surface area contributed by atoms with Crippen molar-refractivity contribution in [1.29, 1.82) is 0 Å². The summed E-state index contributed by atoms with van der Waals surface area (Å²) in [5, 5.41) is 5.25. The maximum atomic E-state index is 12.5. The molecule has 1 aliphatic heterocycles. The quantitative estimate of drug-likeness (QED) is 0.642. The van der Waals surface area contributed by atoms with Gasteiger partial charge < -0.3 is 9.88 Å². The molecule has 3 heterocycles. The van der Waals surface area contributed by atoms with E-state index in [0.717, 1.165) is 28.5 Å². The number of para-hydroxylation sites is 1. The monoisotopic (exact) mass is 386 g/mol. The normalized spacial score (nSPS) is 14.6. The highest BCUT2D eigenvalue weighted by Gasteiger charge is 2.23. The molecule has 0 fully saturated rings. The van der Waals surface area contributed by atoms with Crippen molar-refractivity contribution in [3.05, 3.63) is 62.4 Å². The van der Waals surface area contributed by atoms with E-state index in [0.29, 0.717) is 6.54 Å². The molecule has 2 aromatic heterocycles. The number of hydrogen-bond donors (Lipinski definition) is 1. The molecule has 0 bridgehead atoms. The Bertz CT molecular complexity index is 895.